The van der Waals surface area contributed by atoms with Crippen LogP contribution < -0.4 is 9.47 Å². The fourth-order valence-electron chi connectivity index (χ4n) is 2.46. The highest BCUT2D eigenvalue weighted by Gasteiger charge is 2.16. The molecule has 25 heavy (non-hydrogen) atoms. The summed E-state index contributed by atoms with van der Waals surface area (Å²) in [4.78, 5) is 12.5. The van der Waals surface area contributed by atoms with Gasteiger partial charge in [0.1, 0.15) is 12.4 Å². The summed E-state index contributed by atoms with van der Waals surface area (Å²) in [5.74, 6) is 0.0106. The van der Waals surface area contributed by atoms with Gasteiger partial charge < -0.3 is 9.47 Å². The molecule has 0 saturated carbocycles. The fourth-order valence-corrected chi connectivity index (χ4v) is 2.46. The third-order valence-electron chi connectivity index (χ3n) is 3.78. The van der Waals surface area contributed by atoms with Crippen LogP contribution in [0.4, 0.5) is 4.39 Å². The van der Waals surface area contributed by atoms with E-state index in [1.54, 1.807) is 30.3 Å². The van der Waals surface area contributed by atoms with Crippen LogP contribution in [0.15, 0.2) is 72.8 Å². The second-order valence-electron chi connectivity index (χ2n) is 5.45. The first-order valence-corrected chi connectivity index (χ1v) is 7.83. The van der Waals surface area contributed by atoms with Crippen LogP contribution >= 0.6 is 0 Å². The average Bonchev–Trinajstić information content (AvgIpc) is 2.67. The molecular weight excluding hydrogens is 319 g/mol. The van der Waals surface area contributed by atoms with Gasteiger partial charge in [-0.25, -0.2) is 4.39 Å². The summed E-state index contributed by atoms with van der Waals surface area (Å²) in [6.07, 6.45) is 0. The summed E-state index contributed by atoms with van der Waals surface area (Å²) in [6.45, 7) is 0.387. The van der Waals surface area contributed by atoms with Gasteiger partial charge in [-0.05, 0) is 35.9 Å². The third kappa shape index (κ3) is 3.86. The van der Waals surface area contributed by atoms with Crippen molar-refractivity contribution in [3.05, 3.63) is 95.3 Å². The maximum Gasteiger partial charge on any atom is 0.196 e. The highest BCUT2D eigenvalue weighted by Crippen LogP contribution is 2.30. The molecule has 3 rings (SSSR count). The van der Waals surface area contributed by atoms with E-state index in [1.165, 1.54) is 19.2 Å². The van der Waals surface area contributed by atoms with E-state index in [0.717, 1.165) is 5.56 Å². The molecule has 3 nitrogen and oxygen atoms in total. The Morgan fingerprint density at radius 3 is 2.36 bits per heavy atom. The molecule has 3 aromatic carbocycles. The lowest BCUT2D eigenvalue weighted by Crippen LogP contribution is -2.05. The summed E-state index contributed by atoms with van der Waals surface area (Å²) in [5, 5.41) is 0. The molecule has 0 atom stereocenters. The Morgan fingerprint density at radius 2 is 1.64 bits per heavy atom. The van der Waals surface area contributed by atoms with Crippen molar-refractivity contribution in [3.63, 3.8) is 0 Å². The maximum absolute atomic E-state index is 13.8. The lowest BCUT2D eigenvalue weighted by molar-refractivity contribution is 0.103. The monoisotopic (exact) mass is 336 g/mol. The number of benzene rings is 3. The van der Waals surface area contributed by atoms with Crippen molar-refractivity contribution in [1.82, 2.24) is 0 Å². The van der Waals surface area contributed by atoms with Gasteiger partial charge in [0.05, 0.1) is 12.7 Å². The predicted molar refractivity (Wildman–Crippen MR) is 93.6 cm³/mol. The lowest BCUT2D eigenvalue weighted by atomic mass is 10.0. The highest BCUT2D eigenvalue weighted by atomic mass is 19.1. The zero-order valence-corrected chi connectivity index (χ0v) is 13.7. The first kappa shape index (κ1) is 16.7. The van der Waals surface area contributed by atoms with Gasteiger partial charge >= 0.3 is 0 Å². The molecule has 0 unspecified atom stereocenters. The average molecular weight is 336 g/mol. The number of hydrogen-bond acceptors (Lipinski definition) is 3. The molecule has 0 N–H and O–H groups in total. The van der Waals surface area contributed by atoms with Gasteiger partial charge in [0, 0.05) is 5.56 Å². The van der Waals surface area contributed by atoms with Crippen molar-refractivity contribution in [3.8, 4) is 11.5 Å². The summed E-state index contributed by atoms with van der Waals surface area (Å²) in [5.41, 5.74) is 1.40. The van der Waals surface area contributed by atoms with Crippen molar-refractivity contribution >= 4 is 5.78 Å². The summed E-state index contributed by atoms with van der Waals surface area (Å²) in [7, 11) is 1.50. The van der Waals surface area contributed by atoms with Crippen molar-refractivity contribution in [2.24, 2.45) is 0 Å². The van der Waals surface area contributed by atoms with E-state index >= 15 is 0 Å². The molecule has 0 radical (unpaired) electrons. The number of halogens is 1. The minimum atomic E-state index is -0.545. The molecule has 0 aromatic heterocycles. The largest absolute Gasteiger partial charge is 0.493 e. The smallest absolute Gasteiger partial charge is 0.196 e. The number of ketones is 1. The summed E-state index contributed by atoms with van der Waals surface area (Å²) < 4.78 is 24.9. The molecule has 126 valence electrons. The Labute approximate surface area is 145 Å². The van der Waals surface area contributed by atoms with Gasteiger partial charge in [-0.15, -0.1) is 0 Å². The first-order chi connectivity index (χ1) is 12.2. The second kappa shape index (κ2) is 7.62. The van der Waals surface area contributed by atoms with E-state index in [4.69, 9.17) is 9.47 Å². The van der Waals surface area contributed by atoms with E-state index in [0.29, 0.717) is 23.7 Å². The van der Waals surface area contributed by atoms with Crippen molar-refractivity contribution in [1.29, 1.82) is 0 Å². The Balaban J connectivity index is 1.82. The minimum absolute atomic E-state index is 0.0301. The molecule has 0 bridgehead atoms. The van der Waals surface area contributed by atoms with Gasteiger partial charge in [0.15, 0.2) is 17.3 Å². The molecule has 0 aliphatic rings. The zero-order chi connectivity index (χ0) is 17.6. The van der Waals surface area contributed by atoms with Crippen LogP contribution in [0.1, 0.15) is 21.5 Å². The van der Waals surface area contributed by atoms with Gasteiger partial charge in [0.2, 0.25) is 0 Å². The lowest BCUT2D eigenvalue weighted by Gasteiger charge is -2.12. The van der Waals surface area contributed by atoms with E-state index < -0.39 is 11.6 Å². The second-order valence-corrected chi connectivity index (χ2v) is 5.45. The first-order valence-electron chi connectivity index (χ1n) is 7.83. The van der Waals surface area contributed by atoms with Crippen LogP contribution in [-0.2, 0) is 6.61 Å². The van der Waals surface area contributed by atoms with Crippen LogP contribution in [0.3, 0.4) is 0 Å². The van der Waals surface area contributed by atoms with Crippen LogP contribution in [0.25, 0.3) is 0 Å². The van der Waals surface area contributed by atoms with E-state index in [9.17, 15) is 9.18 Å². The SMILES string of the molecule is COc1cc(C(=O)c2ccccc2F)ccc1OCc1ccccc1. The molecule has 4 heteroatoms. The number of ether oxygens (including phenoxy) is 2. The molecule has 0 aliphatic carbocycles. The van der Waals surface area contributed by atoms with Crippen molar-refractivity contribution in [2.75, 3.05) is 7.11 Å². The summed E-state index contributed by atoms with van der Waals surface area (Å²) in [6, 6.07) is 20.5. The number of rotatable bonds is 6. The van der Waals surface area contributed by atoms with Gasteiger partial charge in [-0.3, -0.25) is 4.79 Å². The normalized spacial score (nSPS) is 10.3. The number of carbonyl (C=O) groups excluding carboxylic acids is 1. The Bertz CT molecular complexity index is 875. The van der Waals surface area contributed by atoms with Gasteiger partial charge in [0.25, 0.3) is 0 Å². The fraction of sp³-hybridized carbons (Fsp3) is 0.0952. The number of carbonyl (C=O) groups is 1. The molecule has 0 spiro atoms. The minimum Gasteiger partial charge on any atom is -0.493 e. The van der Waals surface area contributed by atoms with Gasteiger partial charge in [-0.2, -0.15) is 0 Å². The highest BCUT2D eigenvalue weighted by molar-refractivity contribution is 6.09. The van der Waals surface area contributed by atoms with E-state index in [2.05, 4.69) is 0 Å². The van der Waals surface area contributed by atoms with E-state index in [1.807, 2.05) is 30.3 Å². The Morgan fingerprint density at radius 1 is 0.920 bits per heavy atom. The Hall–Kier alpha value is -3.14. The van der Waals surface area contributed by atoms with Gasteiger partial charge in [-0.1, -0.05) is 42.5 Å². The van der Waals surface area contributed by atoms with Crippen molar-refractivity contribution < 1.29 is 18.7 Å². The quantitative estimate of drug-likeness (QED) is 0.615. The maximum atomic E-state index is 13.8. The molecule has 0 aliphatic heterocycles. The van der Waals surface area contributed by atoms with Crippen LogP contribution in [-0.4, -0.2) is 12.9 Å². The number of methoxy groups -OCH3 is 1. The molecule has 0 saturated heterocycles. The number of hydrogen-bond donors (Lipinski definition) is 0. The van der Waals surface area contributed by atoms with Crippen LogP contribution in [0.2, 0.25) is 0 Å². The summed E-state index contributed by atoms with van der Waals surface area (Å²) >= 11 is 0. The predicted octanol–water partition coefficient (Wildman–Crippen LogP) is 4.64. The van der Waals surface area contributed by atoms with Crippen LogP contribution in [0, 0.1) is 5.82 Å². The van der Waals surface area contributed by atoms with Crippen LogP contribution in [0.5, 0.6) is 11.5 Å². The molecule has 0 amide bonds. The molecule has 0 heterocycles. The Kier molecular flexibility index (Phi) is 5.09. The molecule has 0 fully saturated rings. The molecule has 3 aromatic rings. The van der Waals surface area contributed by atoms with Crippen molar-refractivity contribution in [2.45, 2.75) is 6.61 Å². The topological polar surface area (TPSA) is 35.5 Å². The zero-order valence-electron chi connectivity index (χ0n) is 13.7. The van der Waals surface area contributed by atoms with E-state index in [-0.39, 0.29) is 5.56 Å². The standard InChI is InChI=1S/C21H17FO3/c1-24-20-13-16(21(23)17-9-5-6-10-18(17)22)11-12-19(20)25-14-15-7-3-2-4-8-15/h2-13H,14H2,1H3. The third-order valence-corrected chi connectivity index (χ3v) is 3.78. The molecular formula is C21H17FO3.